The molecule has 0 bridgehead atoms. The van der Waals surface area contributed by atoms with Crippen molar-refractivity contribution in [1.29, 1.82) is 0 Å². The molecule has 0 aliphatic heterocycles. The maximum atomic E-state index is 9.32. The van der Waals surface area contributed by atoms with Gasteiger partial charge in [0, 0.05) is 0 Å². The van der Waals surface area contributed by atoms with Gasteiger partial charge in [0.05, 0.1) is 12.6 Å². The van der Waals surface area contributed by atoms with Crippen molar-refractivity contribution in [3.63, 3.8) is 0 Å². The van der Waals surface area contributed by atoms with Crippen LogP contribution in [-0.4, -0.2) is 18.3 Å². The first-order chi connectivity index (χ1) is 7.40. The van der Waals surface area contributed by atoms with Gasteiger partial charge in [-0.1, -0.05) is 36.8 Å². The highest BCUT2D eigenvalue weighted by Crippen LogP contribution is 2.26. The van der Waals surface area contributed by atoms with Gasteiger partial charge in [-0.3, -0.25) is 0 Å². The summed E-state index contributed by atoms with van der Waals surface area (Å²) in [6.45, 7) is 1.22. The van der Waals surface area contributed by atoms with Crippen LogP contribution in [0.15, 0.2) is 30.3 Å². The summed E-state index contributed by atoms with van der Waals surface area (Å²) in [4.78, 5) is 0. The van der Waals surface area contributed by atoms with Crippen LogP contribution in [-0.2, 0) is 0 Å². The Labute approximate surface area is 91.3 Å². The molecule has 1 atom stereocenters. The number of aliphatic hydroxyl groups excluding tert-OH is 1. The molecule has 0 amide bonds. The van der Waals surface area contributed by atoms with Crippen LogP contribution in [0.1, 0.15) is 30.9 Å². The monoisotopic (exact) mass is 205 g/mol. The molecule has 0 spiro atoms. The Morgan fingerprint density at radius 3 is 2.53 bits per heavy atom. The maximum absolute atomic E-state index is 9.32. The molecule has 1 aromatic rings. The van der Waals surface area contributed by atoms with E-state index in [2.05, 4.69) is 17.4 Å². The molecule has 0 aromatic heterocycles. The lowest BCUT2D eigenvalue weighted by atomic mass is 9.85. The van der Waals surface area contributed by atoms with Gasteiger partial charge in [0.15, 0.2) is 0 Å². The van der Waals surface area contributed by atoms with Crippen LogP contribution in [0, 0.1) is 5.92 Å². The van der Waals surface area contributed by atoms with Crippen molar-refractivity contribution < 1.29 is 5.11 Å². The summed E-state index contributed by atoms with van der Waals surface area (Å²) in [5, 5.41) is 12.8. The quantitative estimate of drug-likeness (QED) is 0.771. The largest absolute Gasteiger partial charge is 0.394 e. The van der Waals surface area contributed by atoms with Crippen LogP contribution in [0.4, 0.5) is 0 Å². The van der Waals surface area contributed by atoms with E-state index in [-0.39, 0.29) is 12.6 Å². The zero-order valence-corrected chi connectivity index (χ0v) is 9.02. The van der Waals surface area contributed by atoms with Gasteiger partial charge in [0.1, 0.15) is 0 Å². The molecular weight excluding hydrogens is 186 g/mol. The van der Waals surface area contributed by atoms with E-state index in [9.17, 15) is 5.11 Å². The van der Waals surface area contributed by atoms with Crippen LogP contribution < -0.4 is 5.32 Å². The molecule has 2 heteroatoms. The van der Waals surface area contributed by atoms with Crippen molar-refractivity contribution in [1.82, 2.24) is 5.32 Å². The SMILES string of the molecule is OC[C@@H](NCC1CCC1)c1ccccc1. The van der Waals surface area contributed by atoms with Crippen LogP contribution in [0.25, 0.3) is 0 Å². The Bertz CT molecular complexity index is 282. The minimum atomic E-state index is 0.104. The molecule has 1 saturated carbocycles. The molecule has 1 aliphatic carbocycles. The lowest BCUT2D eigenvalue weighted by molar-refractivity contribution is 0.222. The highest BCUT2D eigenvalue weighted by atomic mass is 16.3. The molecule has 15 heavy (non-hydrogen) atoms. The van der Waals surface area contributed by atoms with E-state index in [1.54, 1.807) is 0 Å². The van der Waals surface area contributed by atoms with Crippen LogP contribution in [0.5, 0.6) is 0 Å². The van der Waals surface area contributed by atoms with E-state index in [1.807, 2.05) is 18.2 Å². The van der Waals surface area contributed by atoms with Crippen molar-refractivity contribution >= 4 is 0 Å². The summed E-state index contributed by atoms with van der Waals surface area (Å²) in [6.07, 6.45) is 4.07. The average Bonchev–Trinajstić information content (AvgIpc) is 2.23. The first-order valence-corrected chi connectivity index (χ1v) is 5.79. The number of nitrogens with one attached hydrogen (secondary N) is 1. The van der Waals surface area contributed by atoms with Crippen molar-refractivity contribution in [2.45, 2.75) is 25.3 Å². The molecule has 82 valence electrons. The van der Waals surface area contributed by atoms with E-state index in [0.29, 0.717) is 0 Å². The van der Waals surface area contributed by atoms with E-state index in [1.165, 1.54) is 24.8 Å². The smallest absolute Gasteiger partial charge is 0.0626 e. The fourth-order valence-electron chi connectivity index (χ4n) is 1.98. The van der Waals surface area contributed by atoms with Crippen LogP contribution >= 0.6 is 0 Å². The number of aliphatic hydroxyl groups is 1. The topological polar surface area (TPSA) is 32.3 Å². The Kier molecular flexibility index (Phi) is 3.75. The van der Waals surface area contributed by atoms with E-state index >= 15 is 0 Å². The third-order valence-corrected chi connectivity index (χ3v) is 3.26. The summed E-state index contributed by atoms with van der Waals surface area (Å²) in [5.74, 6) is 0.836. The average molecular weight is 205 g/mol. The Morgan fingerprint density at radius 1 is 1.27 bits per heavy atom. The predicted octanol–water partition coefficient (Wildman–Crippen LogP) is 2.11. The number of rotatable bonds is 5. The highest BCUT2D eigenvalue weighted by molar-refractivity contribution is 5.18. The van der Waals surface area contributed by atoms with Gasteiger partial charge >= 0.3 is 0 Å². The highest BCUT2D eigenvalue weighted by Gasteiger charge is 2.18. The second-order valence-electron chi connectivity index (χ2n) is 4.35. The third kappa shape index (κ3) is 2.80. The minimum Gasteiger partial charge on any atom is -0.394 e. The third-order valence-electron chi connectivity index (χ3n) is 3.26. The van der Waals surface area contributed by atoms with Crippen LogP contribution in [0.2, 0.25) is 0 Å². The number of hydrogen-bond donors (Lipinski definition) is 2. The van der Waals surface area contributed by atoms with Crippen LogP contribution in [0.3, 0.4) is 0 Å². The van der Waals surface area contributed by atoms with Gasteiger partial charge in [-0.2, -0.15) is 0 Å². The molecule has 1 aliphatic rings. The molecule has 0 heterocycles. The molecule has 1 fully saturated rings. The minimum absolute atomic E-state index is 0.104. The summed E-state index contributed by atoms with van der Waals surface area (Å²) in [5.41, 5.74) is 1.18. The molecule has 0 unspecified atom stereocenters. The number of hydrogen-bond acceptors (Lipinski definition) is 2. The molecule has 1 aromatic carbocycles. The Balaban J connectivity index is 1.86. The van der Waals surface area contributed by atoms with Gasteiger partial charge in [-0.25, -0.2) is 0 Å². The number of benzene rings is 1. The van der Waals surface area contributed by atoms with Gasteiger partial charge in [-0.05, 0) is 30.9 Å². The Hall–Kier alpha value is -0.860. The maximum Gasteiger partial charge on any atom is 0.0626 e. The zero-order valence-electron chi connectivity index (χ0n) is 9.02. The second-order valence-corrected chi connectivity index (χ2v) is 4.35. The summed E-state index contributed by atoms with van der Waals surface area (Å²) in [6, 6.07) is 10.3. The van der Waals surface area contributed by atoms with Gasteiger partial charge in [-0.15, -0.1) is 0 Å². The van der Waals surface area contributed by atoms with Crippen molar-refractivity contribution in [2.24, 2.45) is 5.92 Å². The fraction of sp³-hybridized carbons (Fsp3) is 0.538. The predicted molar refractivity (Wildman–Crippen MR) is 61.6 cm³/mol. The summed E-state index contributed by atoms with van der Waals surface area (Å²) >= 11 is 0. The lowest BCUT2D eigenvalue weighted by Crippen LogP contribution is -2.32. The Morgan fingerprint density at radius 2 is 2.00 bits per heavy atom. The van der Waals surface area contributed by atoms with Crippen molar-refractivity contribution in [3.8, 4) is 0 Å². The van der Waals surface area contributed by atoms with Gasteiger partial charge < -0.3 is 10.4 Å². The molecule has 2 N–H and O–H groups in total. The lowest BCUT2D eigenvalue weighted by Gasteiger charge is -2.28. The molecule has 2 nitrogen and oxygen atoms in total. The molecule has 0 saturated heterocycles. The first-order valence-electron chi connectivity index (χ1n) is 5.79. The zero-order chi connectivity index (χ0) is 10.5. The van der Waals surface area contributed by atoms with Gasteiger partial charge in [0.25, 0.3) is 0 Å². The molecule has 0 radical (unpaired) electrons. The van der Waals surface area contributed by atoms with E-state index in [0.717, 1.165) is 12.5 Å². The summed E-state index contributed by atoms with van der Waals surface area (Å²) in [7, 11) is 0. The first kappa shape index (κ1) is 10.7. The van der Waals surface area contributed by atoms with Crippen molar-refractivity contribution in [3.05, 3.63) is 35.9 Å². The normalized spacial score (nSPS) is 18.5. The van der Waals surface area contributed by atoms with Crippen molar-refractivity contribution in [2.75, 3.05) is 13.2 Å². The van der Waals surface area contributed by atoms with E-state index in [4.69, 9.17) is 0 Å². The fourth-order valence-corrected chi connectivity index (χ4v) is 1.98. The van der Waals surface area contributed by atoms with Gasteiger partial charge in [0.2, 0.25) is 0 Å². The van der Waals surface area contributed by atoms with E-state index < -0.39 is 0 Å². The molecular formula is C13H19NO. The summed E-state index contributed by atoms with van der Waals surface area (Å²) < 4.78 is 0. The standard InChI is InChI=1S/C13H19NO/c15-10-13(12-7-2-1-3-8-12)14-9-11-5-4-6-11/h1-3,7-8,11,13-15H,4-6,9-10H2/t13-/m1/s1. The molecule has 2 rings (SSSR count). The second kappa shape index (κ2) is 5.29.